The van der Waals surface area contributed by atoms with Gasteiger partial charge in [0.1, 0.15) is 11.9 Å². The zero-order chi connectivity index (χ0) is 33.6. The van der Waals surface area contributed by atoms with Crippen molar-refractivity contribution in [2.45, 2.75) is 32.5 Å². The summed E-state index contributed by atoms with van der Waals surface area (Å²) in [4.78, 5) is 30.9. The van der Waals surface area contributed by atoms with Crippen molar-refractivity contribution in [2.24, 2.45) is 5.92 Å². The highest BCUT2D eigenvalue weighted by Crippen LogP contribution is 2.31. The van der Waals surface area contributed by atoms with E-state index in [2.05, 4.69) is 65.9 Å². The topological polar surface area (TPSA) is 94.1 Å². The number of nitrogens with zero attached hydrogens (tertiary/aromatic N) is 2. The molecule has 0 unspecified atom stereocenters. The van der Waals surface area contributed by atoms with E-state index >= 15 is 0 Å². The van der Waals surface area contributed by atoms with Gasteiger partial charge in [-0.25, -0.2) is 4.79 Å². The van der Waals surface area contributed by atoms with E-state index in [0.717, 1.165) is 17.3 Å². The number of rotatable bonds is 9. The Morgan fingerprint density at radius 1 is 0.917 bits per heavy atom. The zero-order valence-electron chi connectivity index (χ0n) is 27.6. The molecule has 1 heterocycles. The maximum Gasteiger partial charge on any atom is 0.323 e. The van der Waals surface area contributed by atoms with Crippen LogP contribution >= 0.6 is 0 Å². The largest absolute Gasteiger partial charge is 0.488 e. The van der Waals surface area contributed by atoms with Gasteiger partial charge in [0.25, 0.3) is 5.91 Å². The third-order valence-corrected chi connectivity index (χ3v) is 8.97. The fraction of sp³-hybridized carbons (Fsp3) is 0.250. The van der Waals surface area contributed by atoms with Gasteiger partial charge in [-0.05, 0) is 60.3 Å². The van der Waals surface area contributed by atoms with Gasteiger partial charge in [-0.2, -0.15) is 0 Å². The Morgan fingerprint density at radius 2 is 1.62 bits per heavy atom. The molecule has 0 saturated carbocycles. The predicted molar refractivity (Wildman–Crippen MR) is 192 cm³/mol. The van der Waals surface area contributed by atoms with Crippen molar-refractivity contribution >= 4 is 34.1 Å². The van der Waals surface area contributed by atoms with Gasteiger partial charge in [-0.15, -0.1) is 0 Å². The lowest BCUT2D eigenvalue weighted by molar-refractivity contribution is 0.0341. The van der Waals surface area contributed by atoms with Crippen LogP contribution in [-0.4, -0.2) is 65.7 Å². The zero-order valence-corrected chi connectivity index (χ0v) is 27.6. The summed E-state index contributed by atoms with van der Waals surface area (Å²) in [5, 5.41) is 17.8. The molecule has 246 valence electrons. The minimum absolute atomic E-state index is 0.0109. The van der Waals surface area contributed by atoms with Crippen LogP contribution in [0.15, 0.2) is 115 Å². The third-order valence-electron chi connectivity index (χ3n) is 8.97. The molecule has 0 radical (unpaired) electrons. The first-order valence-corrected chi connectivity index (χ1v) is 16.4. The summed E-state index contributed by atoms with van der Waals surface area (Å²) in [6.07, 6.45) is -0.229. The highest BCUT2D eigenvalue weighted by molar-refractivity contribution is 6.07. The van der Waals surface area contributed by atoms with Crippen LogP contribution in [-0.2, 0) is 6.54 Å². The Hall–Kier alpha value is -5.18. The molecule has 0 saturated heterocycles. The van der Waals surface area contributed by atoms with E-state index in [1.807, 2.05) is 67.6 Å². The summed E-state index contributed by atoms with van der Waals surface area (Å²) in [5.41, 5.74) is 5.05. The molecule has 0 fully saturated rings. The van der Waals surface area contributed by atoms with E-state index in [1.54, 1.807) is 23.1 Å². The number of aliphatic hydroxyl groups excluding tert-OH is 1. The van der Waals surface area contributed by atoms with Gasteiger partial charge in [-0.1, -0.05) is 97.9 Å². The maximum atomic E-state index is 13.9. The number of anilines is 2. The van der Waals surface area contributed by atoms with E-state index in [-0.39, 0.29) is 24.5 Å². The van der Waals surface area contributed by atoms with Crippen LogP contribution in [0.4, 0.5) is 16.2 Å². The van der Waals surface area contributed by atoms with Crippen LogP contribution in [0.5, 0.6) is 5.75 Å². The van der Waals surface area contributed by atoms with Gasteiger partial charge >= 0.3 is 6.03 Å². The molecular formula is C40H42N4O4. The Morgan fingerprint density at radius 3 is 2.40 bits per heavy atom. The lowest BCUT2D eigenvalue weighted by atomic mass is 9.99. The third kappa shape index (κ3) is 7.51. The molecule has 1 aliphatic rings. The lowest BCUT2D eigenvalue weighted by Crippen LogP contribution is -2.49. The molecule has 0 bridgehead atoms. The van der Waals surface area contributed by atoms with Crippen molar-refractivity contribution < 1.29 is 19.4 Å². The second-order valence-corrected chi connectivity index (χ2v) is 12.7. The van der Waals surface area contributed by atoms with Gasteiger partial charge in [0, 0.05) is 36.6 Å². The van der Waals surface area contributed by atoms with E-state index in [4.69, 9.17) is 4.74 Å². The minimum atomic E-state index is -0.420. The van der Waals surface area contributed by atoms with Crippen LogP contribution in [0, 0.1) is 5.92 Å². The number of amides is 3. The second-order valence-electron chi connectivity index (χ2n) is 12.7. The highest BCUT2D eigenvalue weighted by atomic mass is 16.5. The average Bonchev–Trinajstić information content (AvgIpc) is 3.10. The molecule has 8 nitrogen and oxygen atoms in total. The van der Waals surface area contributed by atoms with Crippen LogP contribution in [0.3, 0.4) is 0 Å². The average molecular weight is 643 g/mol. The molecule has 8 heteroatoms. The summed E-state index contributed by atoms with van der Waals surface area (Å²) in [6, 6.07) is 36.9. The minimum Gasteiger partial charge on any atom is -0.488 e. The first kappa shape index (κ1) is 32.7. The Labute approximate surface area is 282 Å². The molecule has 6 rings (SSSR count). The molecule has 1 aliphatic heterocycles. The summed E-state index contributed by atoms with van der Waals surface area (Å²) >= 11 is 0. The molecule has 0 aromatic heterocycles. The van der Waals surface area contributed by atoms with Crippen LogP contribution < -0.4 is 15.4 Å². The van der Waals surface area contributed by atoms with E-state index in [0.29, 0.717) is 35.8 Å². The lowest BCUT2D eigenvalue weighted by Gasteiger charge is -2.38. The fourth-order valence-electron chi connectivity index (χ4n) is 6.25. The molecule has 3 amide bonds. The number of ether oxygens (including phenoxy) is 1. The standard InChI is InChI=1S/C40H42N4O4/c1-27-23-44(28(2)26-45)39(46)35-22-33(41-40(47)42-36-15-9-13-32-12-7-8-14-34(32)36)20-21-37(35)48-38(27)25-43(3)24-29-16-18-31(19-17-29)30-10-5-4-6-11-30/h4-22,27-28,38,45H,23-26H2,1-3H3,(H2,41,42,47)/t27-,28-,38+/m0/s1. The predicted octanol–water partition coefficient (Wildman–Crippen LogP) is 7.50. The quantitative estimate of drug-likeness (QED) is 0.155. The fourth-order valence-corrected chi connectivity index (χ4v) is 6.25. The number of urea groups is 1. The molecular weight excluding hydrogens is 600 g/mol. The van der Waals surface area contributed by atoms with E-state index < -0.39 is 12.1 Å². The van der Waals surface area contributed by atoms with Crippen LogP contribution in [0.25, 0.3) is 21.9 Å². The first-order chi connectivity index (χ1) is 23.3. The van der Waals surface area contributed by atoms with Gasteiger partial charge in [-0.3, -0.25) is 9.69 Å². The Balaban J connectivity index is 1.19. The first-order valence-electron chi connectivity index (χ1n) is 16.4. The van der Waals surface area contributed by atoms with Crippen molar-refractivity contribution in [1.82, 2.24) is 9.80 Å². The highest BCUT2D eigenvalue weighted by Gasteiger charge is 2.33. The number of carbonyl (C=O) groups is 2. The molecule has 3 N–H and O–H groups in total. The maximum absolute atomic E-state index is 13.9. The van der Waals surface area contributed by atoms with Crippen molar-refractivity contribution in [3.05, 3.63) is 126 Å². The molecule has 0 spiro atoms. The van der Waals surface area contributed by atoms with Crippen molar-refractivity contribution in [1.29, 1.82) is 0 Å². The Kier molecular flexibility index (Phi) is 10.0. The number of hydrogen-bond acceptors (Lipinski definition) is 5. The van der Waals surface area contributed by atoms with Gasteiger partial charge < -0.3 is 25.4 Å². The number of aliphatic hydroxyl groups is 1. The number of carbonyl (C=O) groups excluding carboxylic acids is 2. The van der Waals surface area contributed by atoms with Crippen molar-refractivity contribution in [3.63, 3.8) is 0 Å². The smallest absolute Gasteiger partial charge is 0.323 e. The Bertz CT molecular complexity index is 1870. The van der Waals surface area contributed by atoms with E-state index in [1.165, 1.54) is 16.7 Å². The van der Waals surface area contributed by atoms with Gasteiger partial charge in [0.05, 0.1) is 23.9 Å². The summed E-state index contributed by atoms with van der Waals surface area (Å²) in [5.74, 6) is 0.192. The monoisotopic (exact) mass is 642 g/mol. The summed E-state index contributed by atoms with van der Waals surface area (Å²) in [6.45, 7) is 5.54. The molecule has 0 aliphatic carbocycles. The van der Waals surface area contributed by atoms with Gasteiger partial charge in [0.15, 0.2) is 0 Å². The van der Waals surface area contributed by atoms with Crippen LogP contribution in [0.1, 0.15) is 29.8 Å². The number of benzene rings is 5. The summed E-state index contributed by atoms with van der Waals surface area (Å²) < 4.78 is 6.59. The number of nitrogens with one attached hydrogen (secondary N) is 2. The number of fused-ring (bicyclic) bond motifs is 2. The van der Waals surface area contributed by atoms with Gasteiger partial charge in [0.2, 0.25) is 0 Å². The molecule has 3 atom stereocenters. The normalized spacial score (nSPS) is 16.9. The van der Waals surface area contributed by atoms with Crippen molar-refractivity contribution in [3.8, 4) is 16.9 Å². The molecule has 5 aromatic carbocycles. The number of likely N-dealkylation sites (N-methyl/N-ethyl adjacent to an activating group) is 1. The number of hydrogen-bond donors (Lipinski definition) is 3. The van der Waals surface area contributed by atoms with Crippen molar-refractivity contribution in [2.75, 3.05) is 37.4 Å². The van der Waals surface area contributed by atoms with Crippen LogP contribution in [0.2, 0.25) is 0 Å². The SMILES string of the molecule is C[C@H]1CN([C@@H](C)CO)C(=O)c2cc(NC(=O)Nc3cccc4ccccc34)ccc2O[C@@H]1CN(C)Cc1ccc(-c2ccccc2)cc1. The second kappa shape index (κ2) is 14.7. The molecule has 48 heavy (non-hydrogen) atoms. The summed E-state index contributed by atoms with van der Waals surface area (Å²) in [7, 11) is 2.07. The molecule has 5 aromatic rings. The van der Waals surface area contributed by atoms with E-state index in [9.17, 15) is 14.7 Å².